The van der Waals surface area contributed by atoms with Crippen LogP contribution >= 0.6 is 23.1 Å². The number of aryl methyl sites for hydroxylation is 1. The molecule has 1 N–H and O–H groups in total. The van der Waals surface area contributed by atoms with Crippen molar-refractivity contribution in [2.24, 2.45) is 0 Å². The van der Waals surface area contributed by atoms with Gasteiger partial charge in [-0.05, 0) is 29.2 Å². The molecule has 0 aromatic carbocycles. The first-order valence-corrected chi connectivity index (χ1v) is 7.33. The zero-order valence-electron chi connectivity index (χ0n) is 8.76. The largest absolute Gasteiger partial charge is 0.389 e. The average molecular weight is 255 g/mol. The lowest BCUT2D eigenvalue weighted by Gasteiger charge is -2.38. The first-order valence-electron chi connectivity index (χ1n) is 5.40. The summed E-state index contributed by atoms with van der Waals surface area (Å²) in [6.45, 7) is 1.02. The summed E-state index contributed by atoms with van der Waals surface area (Å²) in [5.41, 5.74) is 1.20. The van der Waals surface area contributed by atoms with Gasteiger partial charge in [-0.2, -0.15) is 0 Å². The number of nitrogens with zero attached hydrogens (tertiary/aromatic N) is 1. The maximum absolute atomic E-state index is 12.2. The molecule has 0 radical (unpaired) electrons. The van der Waals surface area contributed by atoms with Gasteiger partial charge in [0.05, 0.1) is 6.10 Å². The van der Waals surface area contributed by atoms with Crippen molar-refractivity contribution in [3.8, 4) is 0 Å². The van der Waals surface area contributed by atoms with Crippen molar-refractivity contribution in [2.45, 2.75) is 17.8 Å². The second-order valence-electron chi connectivity index (χ2n) is 4.20. The van der Waals surface area contributed by atoms with E-state index in [1.807, 2.05) is 0 Å². The fraction of sp³-hybridized carbons (Fsp3) is 0.545. The van der Waals surface area contributed by atoms with Gasteiger partial charge in [0.1, 0.15) is 5.25 Å². The lowest BCUT2D eigenvalue weighted by atomic mass is 10.1. The minimum atomic E-state index is -0.306. The fourth-order valence-electron chi connectivity index (χ4n) is 2.15. The Morgan fingerprint density at radius 2 is 2.31 bits per heavy atom. The Morgan fingerprint density at radius 1 is 1.50 bits per heavy atom. The molecule has 16 heavy (non-hydrogen) atoms. The van der Waals surface area contributed by atoms with E-state index in [1.54, 1.807) is 28.0 Å². The lowest BCUT2D eigenvalue weighted by molar-refractivity contribution is -0.140. The van der Waals surface area contributed by atoms with Gasteiger partial charge in [0.15, 0.2) is 0 Å². The maximum Gasteiger partial charge on any atom is 0.240 e. The van der Waals surface area contributed by atoms with E-state index in [0.717, 1.165) is 12.2 Å². The zero-order chi connectivity index (χ0) is 11.1. The highest BCUT2D eigenvalue weighted by Gasteiger charge is 2.36. The molecule has 0 aliphatic carbocycles. The molecular weight excluding hydrogens is 242 g/mol. The number of aliphatic hydroxyl groups excluding tert-OH is 1. The SMILES string of the molecule is O=C(C1SCCc2sccc21)N1CC(O)C1. The minimum absolute atomic E-state index is 0.0255. The number of likely N-dealkylation sites (tertiary alicyclic amines) is 1. The van der Waals surface area contributed by atoms with E-state index in [1.165, 1.54) is 10.4 Å². The number of rotatable bonds is 1. The number of fused-ring (bicyclic) bond motifs is 1. The molecule has 0 saturated carbocycles. The third kappa shape index (κ3) is 1.67. The first-order chi connectivity index (χ1) is 7.75. The van der Waals surface area contributed by atoms with Crippen LogP contribution in [0.25, 0.3) is 0 Å². The van der Waals surface area contributed by atoms with Crippen molar-refractivity contribution in [3.63, 3.8) is 0 Å². The molecule has 1 unspecified atom stereocenters. The van der Waals surface area contributed by atoms with E-state index in [0.29, 0.717) is 13.1 Å². The molecule has 0 spiro atoms. The molecule has 3 nitrogen and oxygen atoms in total. The molecule has 5 heteroatoms. The molecule has 2 aliphatic rings. The average Bonchev–Trinajstić information content (AvgIpc) is 2.71. The van der Waals surface area contributed by atoms with Gasteiger partial charge in [-0.3, -0.25) is 4.79 Å². The highest BCUT2D eigenvalue weighted by Crippen LogP contribution is 2.40. The van der Waals surface area contributed by atoms with Crippen LogP contribution in [-0.4, -0.2) is 40.9 Å². The third-order valence-corrected chi connectivity index (χ3v) is 5.30. The highest BCUT2D eigenvalue weighted by atomic mass is 32.2. The second kappa shape index (κ2) is 4.05. The van der Waals surface area contributed by atoms with E-state index in [2.05, 4.69) is 11.4 Å². The van der Waals surface area contributed by atoms with Crippen LogP contribution in [0.15, 0.2) is 11.4 Å². The van der Waals surface area contributed by atoms with Crippen molar-refractivity contribution in [1.82, 2.24) is 4.90 Å². The molecule has 0 bridgehead atoms. The minimum Gasteiger partial charge on any atom is -0.389 e. The van der Waals surface area contributed by atoms with E-state index in [9.17, 15) is 9.90 Å². The molecule has 1 fully saturated rings. The van der Waals surface area contributed by atoms with E-state index in [-0.39, 0.29) is 17.3 Å². The third-order valence-electron chi connectivity index (χ3n) is 3.07. The van der Waals surface area contributed by atoms with E-state index >= 15 is 0 Å². The van der Waals surface area contributed by atoms with Crippen LogP contribution < -0.4 is 0 Å². The summed E-state index contributed by atoms with van der Waals surface area (Å²) in [5, 5.41) is 11.3. The normalized spacial score (nSPS) is 25.1. The van der Waals surface area contributed by atoms with Gasteiger partial charge in [-0.15, -0.1) is 23.1 Å². The summed E-state index contributed by atoms with van der Waals surface area (Å²) in [6.07, 6.45) is 0.781. The van der Waals surface area contributed by atoms with Gasteiger partial charge in [-0.1, -0.05) is 0 Å². The van der Waals surface area contributed by atoms with Gasteiger partial charge >= 0.3 is 0 Å². The summed E-state index contributed by atoms with van der Waals surface area (Å²) in [6, 6.07) is 2.07. The molecular formula is C11H13NO2S2. The van der Waals surface area contributed by atoms with E-state index < -0.39 is 0 Å². The molecule has 2 aliphatic heterocycles. The molecule has 86 valence electrons. The van der Waals surface area contributed by atoms with Crippen molar-refractivity contribution >= 4 is 29.0 Å². The molecule has 1 saturated heterocycles. The van der Waals surface area contributed by atoms with Crippen LogP contribution in [0.1, 0.15) is 15.7 Å². The number of hydrogen-bond donors (Lipinski definition) is 1. The lowest BCUT2D eigenvalue weighted by Crippen LogP contribution is -2.54. The van der Waals surface area contributed by atoms with Gasteiger partial charge in [0.2, 0.25) is 5.91 Å². The van der Waals surface area contributed by atoms with Crippen molar-refractivity contribution in [2.75, 3.05) is 18.8 Å². The van der Waals surface area contributed by atoms with Crippen LogP contribution in [0.5, 0.6) is 0 Å². The highest BCUT2D eigenvalue weighted by molar-refractivity contribution is 8.00. The molecule has 3 heterocycles. The Labute approximate surface area is 102 Å². The quantitative estimate of drug-likeness (QED) is 0.822. The van der Waals surface area contributed by atoms with Gasteiger partial charge in [0.25, 0.3) is 0 Å². The number of amides is 1. The Hall–Kier alpha value is -0.520. The number of aliphatic hydroxyl groups is 1. The van der Waals surface area contributed by atoms with Crippen molar-refractivity contribution in [3.05, 3.63) is 21.9 Å². The summed E-state index contributed by atoms with van der Waals surface area (Å²) in [5.74, 6) is 1.20. The maximum atomic E-state index is 12.2. The number of β-amino-alcohol motifs (C(OH)–C–C–N with tert-alkyl or cyclic N) is 1. The first kappa shape index (κ1) is 10.6. The predicted octanol–water partition coefficient (Wildman–Crippen LogP) is 1.28. The molecule has 1 aromatic heterocycles. The standard InChI is InChI=1S/C11H13NO2S2/c13-7-5-12(6-7)11(14)10-8-1-3-15-9(8)2-4-16-10/h1,3,7,10,13H,2,4-6H2. The molecule has 3 rings (SSSR count). The number of thiophene rings is 1. The zero-order valence-corrected chi connectivity index (χ0v) is 10.4. The van der Waals surface area contributed by atoms with Crippen molar-refractivity contribution in [1.29, 1.82) is 0 Å². The topological polar surface area (TPSA) is 40.5 Å². The Balaban J connectivity index is 1.79. The van der Waals surface area contributed by atoms with Gasteiger partial charge in [-0.25, -0.2) is 0 Å². The smallest absolute Gasteiger partial charge is 0.240 e. The van der Waals surface area contributed by atoms with Crippen LogP contribution in [0.4, 0.5) is 0 Å². The Morgan fingerprint density at radius 3 is 3.06 bits per heavy atom. The van der Waals surface area contributed by atoms with Crippen LogP contribution in [-0.2, 0) is 11.2 Å². The number of thioether (sulfide) groups is 1. The van der Waals surface area contributed by atoms with Crippen LogP contribution in [0, 0.1) is 0 Å². The fourth-order valence-corrected chi connectivity index (χ4v) is 4.53. The monoisotopic (exact) mass is 255 g/mol. The molecule has 1 aromatic rings. The predicted molar refractivity (Wildman–Crippen MR) is 65.8 cm³/mol. The summed E-state index contributed by atoms with van der Waals surface area (Å²) >= 11 is 3.48. The molecule has 1 amide bonds. The summed E-state index contributed by atoms with van der Waals surface area (Å²) < 4.78 is 0. The van der Waals surface area contributed by atoms with Gasteiger partial charge < -0.3 is 10.0 Å². The van der Waals surface area contributed by atoms with E-state index in [4.69, 9.17) is 0 Å². The molecule has 1 atom stereocenters. The second-order valence-corrected chi connectivity index (χ2v) is 6.41. The van der Waals surface area contributed by atoms with Crippen molar-refractivity contribution < 1.29 is 9.90 Å². The Kier molecular flexibility index (Phi) is 2.69. The number of carbonyl (C=O) groups is 1. The van der Waals surface area contributed by atoms with Gasteiger partial charge in [0, 0.05) is 18.0 Å². The van der Waals surface area contributed by atoms with Crippen LogP contribution in [0.2, 0.25) is 0 Å². The summed E-state index contributed by atoms with van der Waals surface area (Å²) in [7, 11) is 0. The van der Waals surface area contributed by atoms with Crippen LogP contribution in [0.3, 0.4) is 0 Å². The Bertz CT molecular complexity index is 412. The summed E-state index contributed by atoms with van der Waals surface area (Å²) in [4.78, 5) is 15.3. The number of carbonyl (C=O) groups excluding carboxylic acids is 1. The number of hydrogen-bond acceptors (Lipinski definition) is 4.